The Morgan fingerprint density at radius 1 is 1.00 bits per heavy atom. The number of nitrogens with two attached hydrogens (primary N) is 1. The zero-order valence-corrected chi connectivity index (χ0v) is 15.2. The third-order valence-corrected chi connectivity index (χ3v) is 4.48. The van der Waals surface area contributed by atoms with E-state index in [9.17, 15) is 13.0 Å². The topological polar surface area (TPSA) is 100.0 Å². The highest BCUT2D eigenvalue weighted by Gasteiger charge is 2.09. The molecule has 126 valence electrons. The lowest BCUT2D eigenvalue weighted by Crippen LogP contribution is -2.50. The Labute approximate surface area is 137 Å². The standard InChI is InChI=1S/C9H12O3S.C7H12N3/c1-6-4-7(2)9(8(3)5-6)13(10,11)12;1-5-4-6(2)10(8)7(3)9-5/h4-5H,1-3H3,(H,10,11,12);4H,8H2,1-3H3/q;+1/p-1. The van der Waals surface area contributed by atoms with Crippen LogP contribution in [0.1, 0.15) is 33.9 Å². The van der Waals surface area contributed by atoms with Crippen LogP contribution in [0.2, 0.25) is 0 Å². The van der Waals surface area contributed by atoms with Gasteiger partial charge in [-0.15, -0.1) is 4.68 Å². The average Bonchev–Trinajstić information content (AvgIpc) is 2.33. The van der Waals surface area contributed by atoms with Gasteiger partial charge in [0.05, 0.1) is 4.90 Å². The summed E-state index contributed by atoms with van der Waals surface area (Å²) in [5.41, 5.74) is 4.05. The second-order valence-electron chi connectivity index (χ2n) is 5.64. The smallest absolute Gasteiger partial charge is 0.318 e. The van der Waals surface area contributed by atoms with E-state index in [1.165, 1.54) is 0 Å². The minimum absolute atomic E-state index is 0.0851. The van der Waals surface area contributed by atoms with E-state index in [0.717, 1.165) is 22.8 Å². The zero-order chi connectivity index (χ0) is 17.9. The van der Waals surface area contributed by atoms with Gasteiger partial charge in [-0.25, -0.2) is 8.42 Å². The van der Waals surface area contributed by atoms with Gasteiger partial charge in [0.2, 0.25) is 0 Å². The largest absolute Gasteiger partial charge is 0.744 e. The first-order valence-electron chi connectivity index (χ1n) is 7.09. The Balaban J connectivity index is 0.000000238. The van der Waals surface area contributed by atoms with Crippen molar-refractivity contribution < 1.29 is 17.6 Å². The summed E-state index contributed by atoms with van der Waals surface area (Å²) in [6, 6.07) is 5.34. The van der Waals surface area contributed by atoms with Gasteiger partial charge in [0, 0.05) is 26.8 Å². The van der Waals surface area contributed by atoms with Crippen molar-refractivity contribution in [1.29, 1.82) is 0 Å². The number of nitrogens with zero attached hydrogens (tertiary/aromatic N) is 2. The molecule has 0 atom stereocenters. The fraction of sp³-hybridized carbons (Fsp3) is 0.375. The summed E-state index contributed by atoms with van der Waals surface area (Å²) in [5, 5.41) is 0. The fourth-order valence-electron chi connectivity index (χ4n) is 2.53. The third-order valence-electron chi connectivity index (χ3n) is 3.34. The van der Waals surface area contributed by atoms with Gasteiger partial charge in [-0.05, 0) is 36.9 Å². The van der Waals surface area contributed by atoms with E-state index in [-0.39, 0.29) is 4.90 Å². The average molecular weight is 337 g/mol. The van der Waals surface area contributed by atoms with Gasteiger partial charge in [-0.2, -0.15) is 0 Å². The molecular formula is C16H23N3O3S. The first kappa shape index (κ1) is 19.1. The van der Waals surface area contributed by atoms with Crippen molar-refractivity contribution in [2.45, 2.75) is 46.4 Å². The SMILES string of the molecule is Cc1cc(C)[n+](N)c(C)n1.Cc1cc(C)c(S(=O)(=O)[O-])c(C)c1. The van der Waals surface area contributed by atoms with Crippen LogP contribution in [0.5, 0.6) is 0 Å². The molecule has 0 saturated carbocycles. The highest BCUT2D eigenvalue weighted by molar-refractivity contribution is 7.85. The summed E-state index contributed by atoms with van der Waals surface area (Å²) >= 11 is 0. The summed E-state index contributed by atoms with van der Waals surface area (Å²) in [7, 11) is -4.33. The third kappa shape index (κ3) is 5.01. The Hall–Kier alpha value is -1.99. The minimum atomic E-state index is -4.33. The molecule has 1 heterocycles. The second-order valence-corrected chi connectivity index (χ2v) is 6.95. The number of nitrogen functional groups attached to an aromatic ring is 1. The molecule has 0 spiro atoms. The van der Waals surface area contributed by atoms with Gasteiger partial charge in [-0.3, -0.25) is 5.84 Å². The minimum Gasteiger partial charge on any atom is -0.744 e. The van der Waals surface area contributed by atoms with E-state index >= 15 is 0 Å². The number of hydrogen-bond acceptors (Lipinski definition) is 5. The van der Waals surface area contributed by atoms with E-state index in [4.69, 9.17) is 5.84 Å². The van der Waals surface area contributed by atoms with Crippen molar-refractivity contribution in [2.24, 2.45) is 0 Å². The predicted octanol–water partition coefficient (Wildman–Crippen LogP) is 1.52. The van der Waals surface area contributed by atoms with Crippen molar-refractivity contribution in [3.63, 3.8) is 0 Å². The van der Waals surface area contributed by atoms with Gasteiger partial charge >= 0.3 is 5.82 Å². The maximum absolute atomic E-state index is 10.8. The molecule has 0 amide bonds. The molecule has 23 heavy (non-hydrogen) atoms. The molecule has 7 heteroatoms. The molecule has 0 aliphatic heterocycles. The van der Waals surface area contributed by atoms with Gasteiger partial charge in [0.15, 0.2) is 5.69 Å². The van der Waals surface area contributed by atoms with Crippen LogP contribution in [0.15, 0.2) is 23.1 Å². The van der Waals surface area contributed by atoms with Gasteiger partial charge < -0.3 is 4.55 Å². The maximum atomic E-state index is 10.8. The number of benzene rings is 1. The zero-order valence-electron chi connectivity index (χ0n) is 14.3. The molecule has 6 nitrogen and oxygen atoms in total. The van der Waals surface area contributed by atoms with Gasteiger partial charge in [-0.1, -0.05) is 17.7 Å². The number of hydrogen-bond donors (Lipinski definition) is 1. The summed E-state index contributed by atoms with van der Waals surface area (Å²) < 4.78 is 34.1. The second kappa shape index (κ2) is 7.06. The van der Waals surface area contributed by atoms with Gasteiger partial charge in [0.25, 0.3) is 0 Å². The van der Waals surface area contributed by atoms with E-state index < -0.39 is 10.1 Å². The first-order chi connectivity index (χ1) is 10.4. The van der Waals surface area contributed by atoms with Crippen LogP contribution < -0.4 is 10.5 Å². The fourth-order valence-corrected chi connectivity index (χ4v) is 3.44. The monoisotopic (exact) mass is 337 g/mol. The summed E-state index contributed by atoms with van der Waals surface area (Å²) in [6.07, 6.45) is 0. The predicted molar refractivity (Wildman–Crippen MR) is 87.4 cm³/mol. The number of rotatable bonds is 1. The van der Waals surface area contributed by atoms with Crippen LogP contribution in [0.4, 0.5) is 0 Å². The molecule has 0 fully saturated rings. The van der Waals surface area contributed by atoms with Crippen LogP contribution in [0, 0.1) is 41.5 Å². The van der Waals surface area contributed by atoms with E-state index in [1.54, 1.807) is 30.7 Å². The summed E-state index contributed by atoms with van der Waals surface area (Å²) in [5.74, 6) is 6.45. The number of aromatic nitrogens is 2. The molecule has 0 unspecified atom stereocenters. The Kier molecular flexibility index (Phi) is 5.85. The van der Waals surface area contributed by atoms with E-state index in [1.807, 2.05) is 33.8 Å². The van der Waals surface area contributed by atoms with Gasteiger partial charge in [0.1, 0.15) is 15.8 Å². The Morgan fingerprint density at radius 2 is 1.48 bits per heavy atom. The lowest BCUT2D eigenvalue weighted by atomic mass is 10.1. The molecule has 0 radical (unpaired) electrons. The molecule has 0 aliphatic carbocycles. The quantitative estimate of drug-likeness (QED) is 0.483. The van der Waals surface area contributed by atoms with Crippen molar-refractivity contribution >= 4 is 10.1 Å². The first-order valence-corrected chi connectivity index (χ1v) is 8.50. The van der Waals surface area contributed by atoms with Crippen LogP contribution in [0.3, 0.4) is 0 Å². The van der Waals surface area contributed by atoms with E-state index in [0.29, 0.717) is 11.1 Å². The van der Waals surface area contributed by atoms with Crippen LogP contribution in [0.25, 0.3) is 0 Å². The molecule has 0 bridgehead atoms. The molecule has 1 aromatic carbocycles. The normalized spacial score (nSPS) is 10.9. The highest BCUT2D eigenvalue weighted by atomic mass is 32.2. The number of aryl methyl sites for hydroxylation is 6. The Morgan fingerprint density at radius 3 is 1.87 bits per heavy atom. The maximum Gasteiger partial charge on any atom is 0.318 e. The highest BCUT2D eigenvalue weighted by Crippen LogP contribution is 2.20. The van der Waals surface area contributed by atoms with Crippen LogP contribution in [-0.4, -0.2) is 18.0 Å². The molecular weight excluding hydrogens is 314 g/mol. The molecule has 2 aromatic rings. The van der Waals surface area contributed by atoms with E-state index in [2.05, 4.69) is 4.98 Å². The van der Waals surface area contributed by atoms with Crippen molar-refractivity contribution in [2.75, 3.05) is 5.84 Å². The molecule has 2 N–H and O–H groups in total. The summed E-state index contributed by atoms with van der Waals surface area (Å²) in [6.45, 7) is 10.9. The molecule has 2 rings (SSSR count). The lowest BCUT2D eigenvalue weighted by molar-refractivity contribution is -0.655. The van der Waals surface area contributed by atoms with Crippen LogP contribution in [-0.2, 0) is 10.1 Å². The lowest BCUT2D eigenvalue weighted by Gasteiger charge is -2.14. The van der Waals surface area contributed by atoms with Crippen molar-refractivity contribution in [3.05, 3.63) is 52.1 Å². The van der Waals surface area contributed by atoms with Crippen molar-refractivity contribution in [1.82, 2.24) is 4.98 Å². The molecule has 1 aromatic heterocycles. The molecule has 0 aliphatic rings. The van der Waals surface area contributed by atoms with Crippen LogP contribution >= 0.6 is 0 Å². The molecule has 0 saturated heterocycles. The Bertz CT molecular complexity index is 784. The van der Waals surface area contributed by atoms with Crippen molar-refractivity contribution in [3.8, 4) is 0 Å². The summed E-state index contributed by atoms with van der Waals surface area (Å²) in [4.78, 5) is 4.09.